The minimum absolute atomic E-state index is 0.170. The molecule has 0 aliphatic heterocycles. The van der Waals surface area contributed by atoms with E-state index in [4.69, 9.17) is 16.3 Å². The van der Waals surface area contributed by atoms with Crippen LogP contribution in [-0.4, -0.2) is 26.3 Å². The van der Waals surface area contributed by atoms with Gasteiger partial charge in [-0.2, -0.15) is 4.98 Å². The van der Waals surface area contributed by atoms with Crippen LogP contribution >= 0.6 is 11.6 Å². The van der Waals surface area contributed by atoms with Crippen LogP contribution in [0.25, 0.3) is 10.9 Å². The monoisotopic (exact) mass is 319 g/mol. The van der Waals surface area contributed by atoms with E-state index in [1.165, 1.54) is 13.3 Å². The highest BCUT2D eigenvalue weighted by atomic mass is 35.5. The van der Waals surface area contributed by atoms with E-state index < -0.39 is 10.8 Å². The molecule has 3 aromatic rings. The van der Waals surface area contributed by atoms with E-state index in [0.717, 1.165) is 5.39 Å². The second-order valence-corrected chi connectivity index (χ2v) is 5.85. The highest BCUT2D eigenvalue weighted by molar-refractivity contribution is 7.85. The Morgan fingerprint density at radius 2 is 2.00 bits per heavy atom. The van der Waals surface area contributed by atoms with E-state index in [-0.39, 0.29) is 5.16 Å². The first kappa shape index (κ1) is 13.9. The molecule has 0 saturated carbocycles. The highest BCUT2D eigenvalue weighted by Crippen LogP contribution is 2.28. The number of halogens is 1. The van der Waals surface area contributed by atoms with Crippen LogP contribution < -0.4 is 4.74 Å². The molecule has 0 bridgehead atoms. The Balaban J connectivity index is 2.16. The van der Waals surface area contributed by atoms with Crippen molar-refractivity contribution in [2.24, 2.45) is 0 Å². The SMILES string of the molecule is COc1ccnc(S(=O)c2ccc(Cl)c3cccnc23)n1. The van der Waals surface area contributed by atoms with Gasteiger partial charge < -0.3 is 4.74 Å². The van der Waals surface area contributed by atoms with Gasteiger partial charge in [-0.1, -0.05) is 11.6 Å². The van der Waals surface area contributed by atoms with Crippen molar-refractivity contribution in [3.63, 3.8) is 0 Å². The van der Waals surface area contributed by atoms with Crippen LogP contribution in [0, 0.1) is 0 Å². The summed E-state index contributed by atoms with van der Waals surface area (Å²) >= 11 is 6.14. The molecule has 0 amide bonds. The number of hydrogen-bond donors (Lipinski definition) is 0. The summed E-state index contributed by atoms with van der Waals surface area (Å²) in [6.07, 6.45) is 3.14. The molecule has 1 aromatic carbocycles. The maximum Gasteiger partial charge on any atom is 0.226 e. The fourth-order valence-corrected chi connectivity index (χ4v) is 3.16. The maximum absolute atomic E-state index is 12.7. The third kappa shape index (κ3) is 2.59. The van der Waals surface area contributed by atoms with Gasteiger partial charge in [-0.25, -0.2) is 9.19 Å². The molecule has 1 unspecified atom stereocenters. The summed E-state index contributed by atoms with van der Waals surface area (Å²) in [5.74, 6) is 0.361. The number of rotatable bonds is 3. The predicted octanol–water partition coefficient (Wildman–Crippen LogP) is 2.85. The van der Waals surface area contributed by atoms with Crippen molar-refractivity contribution in [1.82, 2.24) is 15.0 Å². The van der Waals surface area contributed by atoms with E-state index in [1.807, 2.05) is 6.07 Å². The van der Waals surface area contributed by atoms with Gasteiger partial charge in [0.2, 0.25) is 11.0 Å². The number of methoxy groups -OCH3 is 1. The largest absolute Gasteiger partial charge is 0.481 e. The Morgan fingerprint density at radius 1 is 1.14 bits per heavy atom. The van der Waals surface area contributed by atoms with Gasteiger partial charge in [0.15, 0.2) is 0 Å². The lowest BCUT2D eigenvalue weighted by Crippen LogP contribution is -2.02. The molecule has 2 heterocycles. The molecule has 21 heavy (non-hydrogen) atoms. The van der Waals surface area contributed by atoms with Crippen LogP contribution in [0.4, 0.5) is 0 Å². The fraction of sp³-hybridized carbons (Fsp3) is 0.0714. The molecule has 0 aliphatic rings. The number of ether oxygens (including phenoxy) is 1. The van der Waals surface area contributed by atoms with Crippen molar-refractivity contribution in [2.75, 3.05) is 7.11 Å². The molecule has 0 saturated heterocycles. The van der Waals surface area contributed by atoms with E-state index in [2.05, 4.69) is 15.0 Å². The molecule has 2 aromatic heterocycles. The van der Waals surface area contributed by atoms with Crippen molar-refractivity contribution in [3.05, 3.63) is 47.7 Å². The quantitative estimate of drug-likeness (QED) is 0.694. The predicted molar refractivity (Wildman–Crippen MR) is 80.0 cm³/mol. The number of aromatic nitrogens is 3. The van der Waals surface area contributed by atoms with Gasteiger partial charge in [0, 0.05) is 23.8 Å². The highest BCUT2D eigenvalue weighted by Gasteiger charge is 2.16. The Kier molecular flexibility index (Phi) is 3.81. The first-order valence-corrected chi connectivity index (χ1v) is 7.55. The Hall–Kier alpha value is -2.05. The van der Waals surface area contributed by atoms with E-state index in [1.54, 1.807) is 30.5 Å². The maximum atomic E-state index is 12.7. The molecular weight excluding hydrogens is 310 g/mol. The summed E-state index contributed by atoms with van der Waals surface area (Å²) in [4.78, 5) is 12.9. The van der Waals surface area contributed by atoms with Crippen LogP contribution in [0.15, 0.2) is 52.8 Å². The zero-order chi connectivity index (χ0) is 14.8. The van der Waals surface area contributed by atoms with Crippen molar-refractivity contribution >= 4 is 33.3 Å². The van der Waals surface area contributed by atoms with Crippen molar-refractivity contribution in [1.29, 1.82) is 0 Å². The molecule has 1 atom stereocenters. The Morgan fingerprint density at radius 3 is 2.81 bits per heavy atom. The molecule has 3 rings (SSSR count). The van der Waals surface area contributed by atoms with Crippen LogP contribution in [-0.2, 0) is 10.8 Å². The summed E-state index contributed by atoms with van der Waals surface area (Å²) in [6, 6.07) is 8.58. The van der Waals surface area contributed by atoms with Crippen LogP contribution in [0.3, 0.4) is 0 Å². The molecule has 106 valence electrons. The number of benzene rings is 1. The van der Waals surface area contributed by atoms with Gasteiger partial charge in [-0.05, 0) is 24.3 Å². The van der Waals surface area contributed by atoms with Crippen molar-refractivity contribution in [3.8, 4) is 5.88 Å². The van der Waals surface area contributed by atoms with Gasteiger partial charge >= 0.3 is 0 Å². The summed E-state index contributed by atoms with van der Waals surface area (Å²) in [7, 11) is -0.0706. The number of nitrogens with zero attached hydrogens (tertiary/aromatic N) is 3. The molecule has 5 nitrogen and oxygen atoms in total. The van der Waals surface area contributed by atoms with Gasteiger partial charge in [0.05, 0.1) is 22.5 Å². The molecule has 0 N–H and O–H groups in total. The zero-order valence-electron chi connectivity index (χ0n) is 11.0. The third-order valence-corrected chi connectivity index (χ3v) is 4.45. The lowest BCUT2D eigenvalue weighted by atomic mass is 10.2. The summed E-state index contributed by atoms with van der Waals surface area (Å²) in [5.41, 5.74) is 0.578. The van der Waals surface area contributed by atoms with E-state index in [0.29, 0.717) is 21.3 Å². The minimum Gasteiger partial charge on any atom is -0.481 e. The normalized spacial score (nSPS) is 12.3. The summed E-state index contributed by atoms with van der Waals surface area (Å²) in [6.45, 7) is 0. The number of fused-ring (bicyclic) bond motifs is 1. The molecule has 0 aliphatic carbocycles. The van der Waals surface area contributed by atoms with Gasteiger partial charge in [-0.15, -0.1) is 0 Å². The fourth-order valence-electron chi connectivity index (χ4n) is 1.89. The Bertz CT molecular complexity index is 841. The standard InChI is InChI=1S/C14H10ClN3O2S/c1-20-12-6-8-17-14(18-12)21(19)11-5-4-10(15)9-3-2-7-16-13(9)11/h2-8H,1H3. The smallest absolute Gasteiger partial charge is 0.226 e. The lowest BCUT2D eigenvalue weighted by molar-refractivity contribution is 0.392. The third-order valence-electron chi connectivity index (χ3n) is 2.86. The molecule has 0 radical (unpaired) electrons. The first-order chi connectivity index (χ1) is 10.2. The molecule has 0 spiro atoms. The van der Waals surface area contributed by atoms with E-state index in [9.17, 15) is 4.21 Å². The summed E-state index contributed by atoms with van der Waals surface area (Å²) < 4.78 is 17.7. The zero-order valence-corrected chi connectivity index (χ0v) is 12.6. The second kappa shape index (κ2) is 5.75. The molecule has 0 fully saturated rings. The lowest BCUT2D eigenvalue weighted by Gasteiger charge is -2.06. The van der Waals surface area contributed by atoms with Gasteiger partial charge in [0.25, 0.3) is 0 Å². The second-order valence-electron chi connectivity index (χ2n) is 4.10. The minimum atomic E-state index is -1.56. The Labute approximate surface area is 128 Å². The molecular formula is C14H10ClN3O2S. The number of hydrogen-bond acceptors (Lipinski definition) is 5. The summed E-state index contributed by atoms with van der Waals surface area (Å²) in [5, 5.41) is 1.47. The van der Waals surface area contributed by atoms with Gasteiger partial charge in [-0.3, -0.25) is 4.98 Å². The molecule has 7 heteroatoms. The van der Waals surface area contributed by atoms with Gasteiger partial charge in [0.1, 0.15) is 10.8 Å². The first-order valence-electron chi connectivity index (χ1n) is 6.03. The van der Waals surface area contributed by atoms with Crippen molar-refractivity contribution < 1.29 is 8.95 Å². The van der Waals surface area contributed by atoms with Crippen LogP contribution in [0.5, 0.6) is 5.88 Å². The topological polar surface area (TPSA) is 65.0 Å². The number of pyridine rings is 1. The average Bonchev–Trinajstić information content (AvgIpc) is 2.55. The van der Waals surface area contributed by atoms with Crippen LogP contribution in [0.1, 0.15) is 0 Å². The van der Waals surface area contributed by atoms with E-state index >= 15 is 0 Å². The van der Waals surface area contributed by atoms with Crippen LogP contribution in [0.2, 0.25) is 5.02 Å². The van der Waals surface area contributed by atoms with Crippen molar-refractivity contribution in [2.45, 2.75) is 10.1 Å². The average molecular weight is 320 g/mol.